The van der Waals surface area contributed by atoms with E-state index in [0.717, 1.165) is 19.6 Å². The van der Waals surface area contributed by atoms with Gasteiger partial charge in [-0.05, 0) is 31.5 Å². The summed E-state index contributed by atoms with van der Waals surface area (Å²) in [5.74, 6) is 0.544. The molecule has 0 bridgehead atoms. The minimum absolute atomic E-state index is 0.0937. The van der Waals surface area contributed by atoms with E-state index in [4.69, 9.17) is 14.2 Å². The van der Waals surface area contributed by atoms with E-state index in [1.807, 2.05) is 19.1 Å². The van der Waals surface area contributed by atoms with Crippen LogP contribution in [0.4, 0.5) is 0 Å². The van der Waals surface area contributed by atoms with E-state index in [1.54, 1.807) is 33.7 Å². The van der Waals surface area contributed by atoms with Gasteiger partial charge in [0.1, 0.15) is 12.4 Å². The summed E-state index contributed by atoms with van der Waals surface area (Å²) in [6.45, 7) is 18.3. The summed E-state index contributed by atoms with van der Waals surface area (Å²) in [4.78, 5) is 11.9. The van der Waals surface area contributed by atoms with E-state index in [-0.39, 0.29) is 10.7 Å². The zero-order chi connectivity index (χ0) is 24.0. The van der Waals surface area contributed by atoms with Gasteiger partial charge in [0.15, 0.2) is 4.93 Å². The quantitative estimate of drug-likeness (QED) is 0.191. The van der Waals surface area contributed by atoms with Crippen molar-refractivity contribution in [3.05, 3.63) is 29.8 Å². The van der Waals surface area contributed by atoms with Gasteiger partial charge in [-0.25, -0.2) is 0 Å². The molecule has 1 atom stereocenters. The second kappa shape index (κ2) is 15.1. The van der Waals surface area contributed by atoms with Crippen molar-refractivity contribution in [1.82, 2.24) is 10.6 Å². The van der Waals surface area contributed by atoms with Crippen LogP contribution in [0.25, 0.3) is 0 Å². The molecule has 1 rings (SSSR count). The maximum atomic E-state index is 12.4. The van der Waals surface area contributed by atoms with Crippen LogP contribution in [0.5, 0.6) is 5.75 Å². The van der Waals surface area contributed by atoms with Crippen LogP contribution in [0.2, 0.25) is 0 Å². The summed E-state index contributed by atoms with van der Waals surface area (Å²) in [5.41, 5.74) is 0.583. The zero-order valence-corrected chi connectivity index (χ0v) is 22.4. The van der Waals surface area contributed by atoms with E-state index < -0.39 is 4.93 Å². The topological polar surface area (TPSA) is 68.8 Å². The highest BCUT2D eigenvalue weighted by Crippen LogP contribution is 2.44. The molecule has 0 saturated heterocycles. The number of benzene rings is 1. The number of nitrogens with one attached hydrogen (secondary N) is 2. The van der Waals surface area contributed by atoms with E-state index in [2.05, 4.69) is 52.2 Å². The molecule has 32 heavy (non-hydrogen) atoms. The summed E-state index contributed by atoms with van der Waals surface area (Å²) in [6.07, 6.45) is 0.993. The van der Waals surface area contributed by atoms with Gasteiger partial charge in [-0.2, -0.15) is 0 Å². The van der Waals surface area contributed by atoms with Crippen LogP contribution in [0, 0.1) is 0 Å². The molecule has 1 aromatic carbocycles. The molecule has 0 saturated carbocycles. The first-order chi connectivity index (χ1) is 15.0. The molecular weight excluding hydrogens is 444 g/mol. The molecule has 1 aromatic rings. The van der Waals surface area contributed by atoms with E-state index >= 15 is 0 Å². The predicted molar refractivity (Wildman–Crippen MR) is 138 cm³/mol. The summed E-state index contributed by atoms with van der Waals surface area (Å²) < 4.78 is 17.9. The number of hydrogen-bond donors (Lipinski definition) is 2. The Morgan fingerprint density at radius 2 is 1.81 bits per heavy atom. The van der Waals surface area contributed by atoms with Crippen molar-refractivity contribution in [2.45, 2.75) is 70.6 Å². The second-order valence-electron chi connectivity index (χ2n) is 9.05. The molecule has 184 valence electrons. The lowest BCUT2D eigenvalue weighted by molar-refractivity contribution is -0.0240. The highest BCUT2D eigenvalue weighted by atomic mass is 33.1. The van der Waals surface area contributed by atoms with Crippen molar-refractivity contribution in [2.75, 3.05) is 39.5 Å². The number of carbonyl (C=O) groups is 1. The number of rotatable bonds is 16. The Morgan fingerprint density at radius 3 is 2.47 bits per heavy atom. The van der Waals surface area contributed by atoms with Crippen molar-refractivity contribution in [3.63, 3.8) is 0 Å². The average molecular weight is 487 g/mol. The standard InChI is InChI=1S/C24H42N2O4S2/c1-8-14-28-15-16-30-24(7,32-31-23(4,5)6)18-29-21-11-9-10-20(17-21)22(27)26-13-12-25-19(2)3/h9-11,17,19,25H,8,12-16,18H2,1-7H3,(H,26,27). The average Bonchev–Trinajstić information content (AvgIpc) is 2.73. The highest BCUT2D eigenvalue weighted by molar-refractivity contribution is 8.77. The number of carbonyl (C=O) groups excluding carboxylic acids is 1. The van der Waals surface area contributed by atoms with Gasteiger partial charge in [0.05, 0.1) is 13.2 Å². The molecule has 8 heteroatoms. The number of hydrogen-bond acceptors (Lipinski definition) is 7. The Balaban J connectivity index is 2.66. The van der Waals surface area contributed by atoms with Gasteiger partial charge in [-0.3, -0.25) is 4.79 Å². The van der Waals surface area contributed by atoms with Crippen LogP contribution >= 0.6 is 21.6 Å². The molecule has 2 N–H and O–H groups in total. The third kappa shape index (κ3) is 13.6. The maximum Gasteiger partial charge on any atom is 0.251 e. The molecule has 0 heterocycles. The molecule has 6 nitrogen and oxygen atoms in total. The SMILES string of the molecule is CCCOCCOC(C)(COc1cccc(C(=O)NCCNC(C)C)c1)SSC(C)(C)C. The molecule has 0 fully saturated rings. The van der Waals surface area contributed by atoms with Crippen LogP contribution < -0.4 is 15.4 Å². The molecule has 0 aromatic heterocycles. The van der Waals surface area contributed by atoms with Crippen LogP contribution in [-0.2, 0) is 9.47 Å². The fraction of sp³-hybridized carbons (Fsp3) is 0.708. The minimum atomic E-state index is -0.547. The Labute approximate surface area is 202 Å². The van der Waals surface area contributed by atoms with Crippen molar-refractivity contribution < 1.29 is 19.0 Å². The normalized spacial score (nSPS) is 13.8. The van der Waals surface area contributed by atoms with Gasteiger partial charge >= 0.3 is 0 Å². The second-order valence-corrected chi connectivity index (χ2v) is 12.5. The maximum absolute atomic E-state index is 12.4. The molecule has 0 spiro atoms. The first-order valence-corrected chi connectivity index (χ1v) is 13.5. The molecule has 1 amide bonds. The van der Waals surface area contributed by atoms with Crippen molar-refractivity contribution in [1.29, 1.82) is 0 Å². The first kappa shape index (κ1) is 29.1. The van der Waals surface area contributed by atoms with Gasteiger partial charge in [-0.15, -0.1) is 0 Å². The Morgan fingerprint density at radius 1 is 1.06 bits per heavy atom. The van der Waals surface area contributed by atoms with E-state index in [1.165, 1.54) is 0 Å². The summed E-state index contributed by atoms with van der Waals surface area (Å²) in [7, 11) is 3.43. The molecule has 0 radical (unpaired) electrons. The molecule has 0 aliphatic heterocycles. The largest absolute Gasteiger partial charge is 0.490 e. The smallest absolute Gasteiger partial charge is 0.251 e. The van der Waals surface area contributed by atoms with E-state index in [9.17, 15) is 4.79 Å². The van der Waals surface area contributed by atoms with Crippen molar-refractivity contribution >= 4 is 27.5 Å². The monoisotopic (exact) mass is 486 g/mol. The van der Waals surface area contributed by atoms with Gasteiger partial charge in [0, 0.05) is 36.0 Å². The number of ether oxygens (including phenoxy) is 3. The fourth-order valence-corrected chi connectivity index (χ4v) is 4.68. The van der Waals surface area contributed by atoms with Crippen LogP contribution in [0.15, 0.2) is 24.3 Å². The summed E-state index contributed by atoms with van der Waals surface area (Å²) in [5, 5.41) is 6.22. The van der Waals surface area contributed by atoms with Gasteiger partial charge < -0.3 is 24.8 Å². The zero-order valence-electron chi connectivity index (χ0n) is 20.8. The van der Waals surface area contributed by atoms with Crippen LogP contribution in [0.3, 0.4) is 0 Å². The van der Waals surface area contributed by atoms with Gasteiger partial charge in [-0.1, -0.05) is 69.2 Å². The van der Waals surface area contributed by atoms with Gasteiger partial charge in [0.2, 0.25) is 0 Å². The Kier molecular flexibility index (Phi) is 13.7. The lowest BCUT2D eigenvalue weighted by Crippen LogP contribution is -2.34. The highest BCUT2D eigenvalue weighted by Gasteiger charge is 2.30. The Bertz CT molecular complexity index is 668. The van der Waals surface area contributed by atoms with Crippen LogP contribution in [0.1, 0.15) is 65.2 Å². The number of amides is 1. The van der Waals surface area contributed by atoms with Crippen molar-refractivity contribution in [3.8, 4) is 5.75 Å². The lowest BCUT2D eigenvalue weighted by atomic mass is 10.2. The third-order valence-corrected chi connectivity index (χ3v) is 7.99. The first-order valence-electron chi connectivity index (χ1n) is 11.4. The third-order valence-electron chi connectivity index (χ3n) is 4.01. The van der Waals surface area contributed by atoms with Crippen molar-refractivity contribution in [2.24, 2.45) is 0 Å². The molecule has 1 unspecified atom stereocenters. The molecule has 0 aliphatic carbocycles. The predicted octanol–water partition coefficient (Wildman–Crippen LogP) is 5.13. The Hall–Kier alpha value is -0.930. The molecule has 0 aliphatic rings. The summed E-state index contributed by atoms with van der Waals surface area (Å²) in [6, 6.07) is 7.67. The van der Waals surface area contributed by atoms with Gasteiger partial charge in [0.25, 0.3) is 5.91 Å². The summed E-state index contributed by atoms with van der Waals surface area (Å²) >= 11 is 0. The minimum Gasteiger partial charge on any atom is -0.490 e. The van der Waals surface area contributed by atoms with Crippen LogP contribution in [-0.4, -0.2) is 61.1 Å². The lowest BCUT2D eigenvalue weighted by Gasteiger charge is -2.31. The molecular formula is C24H42N2O4S2. The fourth-order valence-electron chi connectivity index (χ4n) is 2.45. The van der Waals surface area contributed by atoms with E-state index in [0.29, 0.717) is 43.7 Å².